The van der Waals surface area contributed by atoms with Gasteiger partial charge in [0.25, 0.3) is 11.8 Å². The summed E-state index contributed by atoms with van der Waals surface area (Å²) >= 11 is 1.22. The maximum Gasteiger partial charge on any atom is 0.291 e. The SMILES string of the molecule is O=C(Nc1ccc(C(=O)NCCc2ccc(-n3cccn3)cc2)s1)c1ccco1. The standard InChI is InChI=1S/C21H18N4O3S/c26-20(17-3-1-14-28-17)24-19-9-8-18(29-19)21(27)22-12-10-15-4-6-16(7-5-15)25-13-2-11-23-25/h1-9,11,13-14H,10,12H2,(H,22,27)(H,24,26). The van der Waals surface area contributed by atoms with Crippen LogP contribution in [0.1, 0.15) is 25.8 Å². The van der Waals surface area contributed by atoms with E-state index < -0.39 is 0 Å². The molecule has 0 atom stereocenters. The van der Waals surface area contributed by atoms with Crippen molar-refractivity contribution in [2.24, 2.45) is 0 Å². The molecular formula is C21H18N4O3S. The molecule has 146 valence electrons. The summed E-state index contributed by atoms with van der Waals surface area (Å²) in [6, 6.07) is 16.5. The van der Waals surface area contributed by atoms with E-state index in [1.807, 2.05) is 36.5 Å². The Hall–Kier alpha value is -3.65. The van der Waals surface area contributed by atoms with Crippen LogP contribution >= 0.6 is 11.3 Å². The van der Waals surface area contributed by atoms with Crippen molar-refractivity contribution in [1.82, 2.24) is 15.1 Å². The van der Waals surface area contributed by atoms with Gasteiger partial charge in [-0.3, -0.25) is 9.59 Å². The highest BCUT2D eigenvalue weighted by atomic mass is 32.1. The molecule has 0 aliphatic heterocycles. The van der Waals surface area contributed by atoms with Crippen LogP contribution in [0.15, 0.2) is 77.7 Å². The monoisotopic (exact) mass is 406 g/mol. The zero-order valence-corrected chi connectivity index (χ0v) is 16.2. The lowest BCUT2D eigenvalue weighted by Gasteiger charge is -2.06. The summed E-state index contributed by atoms with van der Waals surface area (Å²) < 4.78 is 6.85. The van der Waals surface area contributed by atoms with E-state index in [1.165, 1.54) is 17.6 Å². The van der Waals surface area contributed by atoms with Gasteiger partial charge in [-0.05, 0) is 54.4 Å². The van der Waals surface area contributed by atoms with Gasteiger partial charge in [-0.15, -0.1) is 11.3 Å². The van der Waals surface area contributed by atoms with Crippen LogP contribution in [-0.4, -0.2) is 28.1 Å². The molecule has 0 saturated carbocycles. The van der Waals surface area contributed by atoms with Crippen molar-refractivity contribution in [2.75, 3.05) is 11.9 Å². The molecule has 3 aromatic heterocycles. The molecule has 29 heavy (non-hydrogen) atoms. The Morgan fingerprint density at radius 3 is 2.62 bits per heavy atom. The van der Waals surface area contributed by atoms with Crippen LogP contribution < -0.4 is 10.6 Å². The maximum absolute atomic E-state index is 12.3. The van der Waals surface area contributed by atoms with Crippen molar-refractivity contribution in [1.29, 1.82) is 0 Å². The summed E-state index contributed by atoms with van der Waals surface area (Å²) in [5, 5.41) is 10.4. The first-order valence-corrected chi connectivity index (χ1v) is 9.82. The molecule has 2 N–H and O–H groups in total. The number of carbonyl (C=O) groups excluding carboxylic acids is 2. The Balaban J connectivity index is 1.27. The molecule has 0 saturated heterocycles. The van der Waals surface area contributed by atoms with E-state index in [-0.39, 0.29) is 17.6 Å². The molecule has 3 heterocycles. The summed E-state index contributed by atoms with van der Waals surface area (Å²) in [5.74, 6) is -0.285. The minimum atomic E-state index is -0.345. The topological polar surface area (TPSA) is 89.2 Å². The van der Waals surface area contributed by atoms with E-state index >= 15 is 0 Å². The van der Waals surface area contributed by atoms with Gasteiger partial charge in [0.15, 0.2) is 5.76 Å². The van der Waals surface area contributed by atoms with E-state index in [0.29, 0.717) is 16.4 Å². The van der Waals surface area contributed by atoms with Gasteiger partial charge in [0.05, 0.1) is 21.8 Å². The lowest BCUT2D eigenvalue weighted by atomic mass is 10.1. The molecule has 8 heteroatoms. The average molecular weight is 406 g/mol. The largest absolute Gasteiger partial charge is 0.459 e. The molecule has 0 spiro atoms. The van der Waals surface area contributed by atoms with Crippen LogP contribution in [0.25, 0.3) is 5.69 Å². The molecule has 2 amide bonds. The highest BCUT2D eigenvalue weighted by molar-refractivity contribution is 7.18. The zero-order chi connectivity index (χ0) is 20.1. The van der Waals surface area contributed by atoms with Gasteiger partial charge >= 0.3 is 0 Å². The number of thiophene rings is 1. The van der Waals surface area contributed by atoms with Crippen LogP contribution in [0.3, 0.4) is 0 Å². The molecule has 4 rings (SSSR count). The lowest BCUT2D eigenvalue weighted by Crippen LogP contribution is -2.24. The number of hydrogen-bond acceptors (Lipinski definition) is 5. The summed E-state index contributed by atoms with van der Waals surface area (Å²) in [6.07, 6.45) is 5.79. The van der Waals surface area contributed by atoms with Gasteiger partial charge < -0.3 is 15.1 Å². The van der Waals surface area contributed by atoms with E-state index in [2.05, 4.69) is 15.7 Å². The van der Waals surface area contributed by atoms with E-state index in [4.69, 9.17) is 4.42 Å². The molecule has 4 aromatic rings. The van der Waals surface area contributed by atoms with E-state index in [0.717, 1.165) is 17.7 Å². The summed E-state index contributed by atoms with van der Waals surface area (Å²) in [5.41, 5.74) is 2.12. The number of hydrogen-bond donors (Lipinski definition) is 2. The van der Waals surface area contributed by atoms with Crippen molar-refractivity contribution in [3.63, 3.8) is 0 Å². The Morgan fingerprint density at radius 2 is 1.90 bits per heavy atom. The number of aromatic nitrogens is 2. The molecule has 0 fully saturated rings. The molecule has 0 bridgehead atoms. The molecule has 0 unspecified atom stereocenters. The number of benzene rings is 1. The minimum absolute atomic E-state index is 0.165. The van der Waals surface area contributed by atoms with Crippen molar-refractivity contribution in [3.8, 4) is 5.69 Å². The molecule has 0 aliphatic carbocycles. The van der Waals surface area contributed by atoms with Gasteiger partial charge in [0, 0.05) is 18.9 Å². The van der Waals surface area contributed by atoms with Crippen LogP contribution in [-0.2, 0) is 6.42 Å². The van der Waals surface area contributed by atoms with Gasteiger partial charge in [-0.1, -0.05) is 12.1 Å². The number of nitrogens with zero attached hydrogens (tertiary/aromatic N) is 2. The Kier molecular flexibility index (Phi) is 5.53. The Bertz CT molecular complexity index is 1080. The first-order chi connectivity index (χ1) is 14.2. The van der Waals surface area contributed by atoms with Crippen molar-refractivity contribution < 1.29 is 14.0 Å². The lowest BCUT2D eigenvalue weighted by molar-refractivity contribution is 0.0956. The third-order valence-electron chi connectivity index (χ3n) is 4.22. The van der Waals surface area contributed by atoms with Crippen molar-refractivity contribution >= 4 is 28.2 Å². The smallest absolute Gasteiger partial charge is 0.291 e. The number of amides is 2. The summed E-state index contributed by atoms with van der Waals surface area (Å²) in [6.45, 7) is 0.520. The molecule has 7 nitrogen and oxygen atoms in total. The Morgan fingerprint density at radius 1 is 1.03 bits per heavy atom. The first-order valence-electron chi connectivity index (χ1n) is 9.01. The second kappa shape index (κ2) is 8.57. The third-order valence-corrected chi connectivity index (χ3v) is 5.22. The average Bonchev–Trinajstić information content (AvgIpc) is 3.50. The number of furan rings is 1. The summed E-state index contributed by atoms with van der Waals surface area (Å²) in [4.78, 5) is 24.8. The van der Waals surface area contributed by atoms with E-state index in [9.17, 15) is 9.59 Å². The van der Waals surface area contributed by atoms with Gasteiger partial charge in [0.1, 0.15) is 0 Å². The van der Waals surface area contributed by atoms with E-state index in [1.54, 1.807) is 35.1 Å². The summed E-state index contributed by atoms with van der Waals surface area (Å²) in [7, 11) is 0. The van der Waals surface area contributed by atoms with Crippen molar-refractivity contribution in [3.05, 3.63) is 89.5 Å². The maximum atomic E-state index is 12.3. The second-order valence-electron chi connectivity index (χ2n) is 6.22. The fourth-order valence-electron chi connectivity index (χ4n) is 2.75. The highest BCUT2D eigenvalue weighted by Crippen LogP contribution is 2.22. The van der Waals surface area contributed by atoms with Crippen LogP contribution in [0.2, 0.25) is 0 Å². The highest BCUT2D eigenvalue weighted by Gasteiger charge is 2.13. The fourth-order valence-corrected chi connectivity index (χ4v) is 3.57. The van der Waals surface area contributed by atoms with Gasteiger partial charge in [-0.25, -0.2) is 4.68 Å². The second-order valence-corrected chi connectivity index (χ2v) is 7.30. The third kappa shape index (κ3) is 4.61. The normalized spacial score (nSPS) is 10.6. The number of carbonyl (C=O) groups is 2. The number of nitrogens with one attached hydrogen (secondary N) is 2. The first kappa shape index (κ1) is 18.7. The number of rotatable bonds is 7. The Labute approximate surface area is 171 Å². The quantitative estimate of drug-likeness (QED) is 0.489. The fraction of sp³-hybridized carbons (Fsp3) is 0.0952. The van der Waals surface area contributed by atoms with Crippen LogP contribution in [0, 0.1) is 0 Å². The van der Waals surface area contributed by atoms with Crippen LogP contribution in [0.5, 0.6) is 0 Å². The van der Waals surface area contributed by atoms with Crippen LogP contribution in [0.4, 0.5) is 5.00 Å². The predicted molar refractivity (Wildman–Crippen MR) is 111 cm³/mol. The zero-order valence-electron chi connectivity index (χ0n) is 15.4. The minimum Gasteiger partial charge on any atom is -0.459 e. The molecule has 0 aliphatic rings. The van der Waals surface area contributed by atoms with Gasteiger partial charge in [-0.2, -0.15) is 5.10 Å². The molecule has 1 aromatic carbocycles. The predicted octanol–water partition coefficient (Wildman–Crippen LogP) is 3.75. The van der Waals surface area contributed by atoms with Gasteiger partial charge in [0.2, 0.25) is 0 Å². The van der Waals surface area contributed by atoms with Crippen molar-refractivity contribution in [2.45, 2.75) is 6.42 Å². The molecule has 0 radical (unpaired) electrons. The molecular weight excluding hydrogens is 388 g/mol. The number of anilines is 1.